The summed E-state index contributed by atoms with van der Waals surface area (Å²) in [5.74, 6) is 0.547. The Hall–Kier alpha value is -2.66. The van der Waals surface area contributed by atoms with E-state index >= 15 is 0 Å². The SMILES string of the molecule is CCOc1ccc(-n2nc(CN)cc2-c2ccc(F)cc2)cc1. The molecule has 0 aliphatic rings. The molecule has 2 aromatic carbocycles. The van der Waals surface area contributed by atoms with Crippen LogP contribution in [0, 0.1) is 5.82 Å². The maximum absolute atomic E-state index is 13.2. The number of aromatic nitrogens is 2. The molecule has 118 valence electrons. The number of nitrogens with zero attached hydrogens (tertiary/aromatic N) is 2. The topological polar surface area (TPSA) is 53.1 Å². The molecular formula is C18H18FN3O. The van der Waals surface area contributed by atoms with E-state index in [4.69, 9.17) is 10.5 Å². The highest BCUT2D eigenvalue weighted by molar-refractivity contribution is 5.62. The second kappa shape index (κ2) is 6.62. The first-order chi connectivity index (χ1) is 11.2. The summed E-state index contributed by atoms with van der Waals surface area (Å²) in [4.78, 5) is 0. The normalized spacial score (nSPS) is 10.7. The number of hydrogen-bond donors (Lipinski definition) is 1. The quantitative estimate of drug-likeness (QED) is 0.784. The zero-order valence-corrected chi connectivity index (χ0v) is 12.9. The van der Waals surface area contributed by atoms with Gasteiger partial charge >= 0.3 is 0 Å². The molecule has 4 nitrogen and oxygen atoms in total. The van der Waals surface area contributed by atoms with E-state index in [1.54, 1.807) is 12.1 Å². The van der Waals surface area contributed by atoms with Gasteiger partial charge in [-0.1, -0.05) is 0 Å². The summed E-state index contributed by atoms with van der Waals surface area (Å²) in [6, 6.07) is 15.9. The van der Waals surface area contributed by atoms with E-state index < -0.39 is 0 Å². The van der Waals surface area contributed by atoms with Crippen LogP contribution < -0.4 is 10.5 Å². The number of hydrogen-bond acceptors (Lipinski definition) is 3. The van der Waals surface area contributed by atoms with Crippen molar-refractivity contribution in [1.29, 1.82) is 0 Å². The molecule has 1 heterocycles. The van der Waals surface area contributed by atoms with Crippen LogP contribution in [0.4, 0.5) is 4.39 Å². The lowest BCUT2D eigenvalue weighted by atomic mass is 10.1. The fourth-order valence-electron chi connectivity index (χ4n) is 2.40. The first-order valence-corrected chi connectivity index (χ1v) is 7.49. The predicted molar refractivity (Wildman–Crippen MR) is 88.0 cm³/mol. The molecule has 0 aliphatic heterocycles. The van der Waals surface area contributed by atoms with Gasteiger partial charge in [0.1, 0.15) is 11.6 Å². The van der Waals surface area contributed by atoms with E-state index in [2.05, 4.69) is 5.10 Å². The highest BCUT2D eigenvalue weighted by Gasteiger charge is 2.11. The van der Waals surface area contributed by atoms with E-state index in [0.29, 0.717) is 13.2 Å². The Morgan fingerprint density at radius 1 is 1.09 bits per heavy atom. The molecule has 23 heavy (non-hydrogen) atoms. The summed E-state index contributed by atoms with van der Waals surface area (Å²) in [7, 11) is 0. The van der Waals surface area contributed by atoms with Crippen LogP contribution >= 0.6 is 0 Å². The van der Waals surface area contributed by atoms with Gasteiger partial charge in [-0.3, -0.25) is 0 Å². The molecule has 0 saturated heterocycles. The highest BCUT2D eigenvalue weighted by atomic mass is 19.1. The van der Waals surface area contributed by atoms with Gasteiger partial charge in [-0.15, -0.1) is 0 Å². The van der Waals surface area contributed by atoms with Gasteiger partial charge in [0, 0.05) is 12.1 Å². The van der Waals surface area contributed by atoms with Crippen LogP contribution in [-0.2, 0) is 6.54 Å². The summed E-state index contributed by atoms with van der Waals surface area (Å²) in [5, 5.41) is 4.53. The van der Waals surface area contributed by atoms with E-state index in [1.807, 2.05) is 41.9 Å². The maximum atomic E-state index is 13.2. The first-order valence-electron chi connectivity index (χ1n) is 7.49. The number of nitrogens with two attached hydrogens (primary N) is 1. The molecule has 0 radical (unpaired) electrons. The van der Waals surface area contributed by atoms with Crippen LogP contribution in [0.5, 0.6) is 5.75 Å². The van der Waals surface area contributed by atoms with Crippen molar-refractivity contribution in [2.75, 3.05) is 6.61 Å². The molecule has 3 rings (SSSR count). The lowest BCUT2D eigenvalue weighted by molar-refractivity contribution is 0.340. The van der Waals surface area contributed by atoms with Crippen molar-refractivity contribution in [2.24, 2.45) is 5.73 Å². The van der Waals surface area contributed by atoms with Crippen LogP contribution in [-0.4, -0.2) is 16.4 Å². The second-order valence-corrected chi connectivity index (χ2v) is 5.07. The highest BCUT2D eigenvalue weighted by Crippen LogP contribution is 2.25. The van der Waals surface area contributed by atoms with Crippen molar-refractivity contribution in [3.8, 4) is 22.7 Å². The molecule has 0 unspecified atom stereocenters. The van der Waals surface area contributed by atoms with Gasteiger partial charge in [0.25, 0.3) is 0 Å². The monoisotopic (exact) mass is 311 g/mol. The van der Waals surface area contributed by atoms with E-state index in [-0.39, 0.29) is 5.82 Å². The zero-order chi connectivity index (χ0) is 16.2. The Morgan fingerprint density at radius 3 is 2.39 bits per heavy atom. The Balaban J connectivity index is 2.04. The summed E-state index contributed by atoms with van der Waals surface area (Å²) < 4.78 is 20.4. The van der Waals surface area contributed by atoms with Crippen LogP contribution in [0.1, 0.15) is 12.6 Å². The summed E-state index contributed by atoms with van der Waals surface area (Å²) in [6.07, 6.45) is 0. The molecule has 0 bridgehead atoms. The summed E-state index contributed by atoms with van der Waals surface area (Å²) in [5.41, 5.74) is 9.14. The third kappa shape index (κ3) is 3.24. The molecule has 0 saturated carbocycles. The molecule has 2 N–H and O–H groups in total. The molecule has 0 amide bonds. The lowest BCUT2D eigenvalue weighted by Crippen LogP contribution is -2.02. The van der Waals surface area contributed by atoms with E-state index in [0.717, 1.165) is 28.4 Å². The predicted octanol–water partition coefficient (Wildman–Crippen LogP) is 3.54. The van der Waals surface area contributed by atoms with E-state index in [9.17, 15) is 4.39 Å². The van der Waals surface area contributed by atoms with Crippen molar-refractivity contribution < 1.29 is 9.13 Å². The van der Waals surface area contributed by atoms with Gasteiger partial charge in [0.05, 0.1) is 23.7 Å². The summed E-state index contributed by atoms with van der Waals surface area (Å²) in [6.45, 7) is 2.92. The number of rotatable bonds is 5. The van der Waals surface area contributed by atoms with Gasteiger partial charge in [0.15, 0.2) is 0 Å². The lowest BCUT2D eigenvalue weighted by Gasteiger charge is -2.09. The van der Waals surface area contributed by atoms with Gasteiger partial charge in [-0.2, -0.15) is 5.10 Å². The maximum Gasteiger partial charge on any atom is 0.123 e. The fraction of sp³-hybridized carbons (Fsp3) is 0.167. The average Bonchev–Trinajstić information content (AvgIpc) is 3.01. The smallest absolute Gasteiger partial charge is 0.123 e. The van der Waals surface area contributed by atoms with Gasteiger partial charge in [-0.25, -0.2) is 9.07 Å². The fourth-order valence-corrected chi connectivity index (χ4v) is 2.40. The molecule has 0 spiro atoms. The molecule has 5 heteroatoms. The third-order valence-electron chi connectivity index (χ3n) is 3.50. The van der Waals surface area contributed by atoms with Crippen LogP contribution in [0.25, 0.3) is 16.9 Å². The molecule has 1 aromatic heterocycles. The minimum atomic E-state index is -0.264. The Morgan fingerprint density at radius 2 is 1.78 bits per heavy atom. The first kappa shape index (κ1) is 15.2. The number of benzene rings is 2. The number of ether oxygens (including phenoxy) is 1. The molecule has 0 aliphatic carbocycles. The third-order valence-corrected chi connectivity index (χ3v) is 3.50. The molecule has 3 aromatic rings. The largest absolute Gasteiger partial charge is 0.494 e. The standard InChI is InChI=1S/C18H18FN3O/c1-2-23-17-9-7-16(8-10-17)22-18(11-15(12-20)21-22)13-3-5-14(19)6-4-13/h3-11H,2,12,20H2,1H3. The zero-order valence-electron chi connectivity index (χ0n) is 12.9. The van der Waals surface area contributed by atoms with Crippen LogP contribution in [0.3, 0.4) is 0 Å². The molecule has 0 atom stereocenters. The van der Waals surface area contributed by atoms with Crippen molar-refractivity contribution in [3.05, 3.63) is 66.1 Å². The Kier molecular flexibility index (Phi) is 4.39. The molecular weight excluding hydrogens is 293 g/mol. The van der Waals surface area contributed by atoms with Crippen molar-refractivity contribution >= 4 is 0 Å². The van der Waals surface area contributed by atoms with Crippen molar-refractivity contribution in [3.63, 3.8) is 0 Å². The second-order valence-electron chi connectivity index (χ2n) is 5.07. The minimum absolute atomic E-state index is 0.264. The Labute approximate surface area is 134 Å². The van der Waals surface area contributed by atoms with Crippen LogP contribution in [0.15, 0.2) is 54.6 Å². The van der Waals surface area contributed by atoms with Gasteiger partial charge in [0.2, 0.25) is 0 Å². The van der Waals surface area contributed by atoms with Gasteiger partial charge in [-0.05, 0) is 61.5 Å². The molecule has 0 fully saturated rings. The Bertz CT molecular complexity index is 779. The summed E-state index contributed by atoms with van der Waals surface area (Å²) >= 11 is 0. The number of halogens is 1. The minimum Gasteiger partial charge on any atom is -0.494 e. The average molecular weight is 311 g/mol. The van der Waals surface area contributed by atoms with Crippen molar-refractivity contribution in [1.82, 2.24) is 9.78 Å². The van der Waals surface area contributed by atoms with Crippen molar-refractivity contribution in [2.45, 2.75) is 13.5 Å². The van der Waals surface area contributed by atoms with Gasteiger partial charge < -0.3 is 10.5 Å². The van der Waals surface area contributed by atoms with E-state index in [1.165, 1.54) is 12.1 Å². The van der Waals surface area contributed by atoms with Crippen LogP contribution in [0.2, 0.25) is 0 Å².